The molecule has 0 aliphatic rings. The number of hydrogen-bond donors (Lipinski definition) is 0. The van der Waals surface area contributed by atoms with Gasteiger partial charge in [-0.3, -0.25) is 9.59 Å². The molecular formula is C16H14FN3O3S2. The molecule has 0 saturated carbocycles. The minimum Gasteiger partial charge on any atom is -0.459 e. The second kappa shape index (κ2) is 7.75. The molecule has 0 fully saturated rings. The van der Waals surface area contributed by atoms with Gasteiger partial charge in [-0.05, 0) is 18.6 Å². The lowest BCUT2D eigenvalue weighted by Gasteiger charge is -2.05. The molecule has 0 aliphatic heterocycles. The quantitative estimate of drug-likeness (QED) is 0.484. The van der Waals surface area contributed by atoms with Crippen molar-refractivity contribution in [2.24, 2.45) is 0 Å². The highest BCUT2D eigenvalue weighted by Crippen LogP contribution is 2.21. The zero-order valence-corrected chi connectivity index (χ0v) is 14.9. The molecule has 6 nitrogen and oxygen atoms in total. The van der Waals surface area contributed by atoms with Gasteiger partial charge in [0.1, 0.15) is 17.4 Å². The fourth-order valence-corrected chi connectivity index (χ4v) is 3.60. The van der Waals surface area contributed by atoms with Crippen LogP contribution in [0.15, 0.2) is 40.0 Å². The smallest absolute Gasteiger partial charge is 0.316 e. The number of nitrogens with zero attached hydrogens (tertiary/aromatic N) is 3. The van der Waals surface area contributed by atoms with Crippen molar-refractivity contribution in [2.45, 2.75) is 24.8 Å². The Bertz CT molecular complexity index is 971. The van der Waals surface area contributed by atoms with Gasteiger partial charge in [-0.15, -0.1) is 11.8 Å². The minimum atomic E-state index is -0.506. The van der Waals surface area contributed by atoms with Crippen LogP contribution in [0.25, 0.3) is 4.96 Å². The van der Waals surface area contributed by atoms with Crippen molar-refractivity contribution < 1.29 is 13.9 Å². The number of esters is 1. The van der Waals surface area contributed by atoms with Gasteiger partial charge in [-0.2, -0.15) is 9.61 Å². The fourth-order valence-electron chi connectivity index (χ4n) is 2.01. The number of aromatic nitrogens is 3. The Kier molecular flexibility index (Phi) is 5.44. The molecule has 0 aliphatic carbocycles. The predicted molar refractivity (Wildman–Crippen MR) is 93.4 cm³/mol. The number of benzene rings is 1. The first kappa shape index (κ1) is 17.6. The third-order valence-electron chi connectivity index (χ3n) is 3.21. The van der Waals surface area contributed by atoms with Gasteiger partial charge >= 0.3 is 5.97 Å². The summed E-state index contributed by atoms with van der Waals surface area (Å²) < 4.78 is 19.8. The van der Waals surface area contributed by atoms with E-state index in [0.717, 1.165) is 16.8 Å². The van der Waals surface area contributed by atoms with Gasteiger partial charge in [-0.25, -0.2) is 9.37 Å². The summed E-state index contributed by atoms with van der Waals surface area (Å²) in [5, 5.41) is 4.96. The van der Waals surface area contributed by atoms with Crippen LogP contribution in [0.2, 0.25) is 0 Å². The second-order valence-corrected chi connectivity index (χ2v) is 7.07. The average molecular weight is 379 g/mol. The maximum Gasteiger partial charge on any atom is 0.316 e. The molecule has 3 aromatic rings. The lowest BCUT2D eigenvalue weighted by molar-refractivity contribution is -0.141. The van der Waals surface area contributed by atoms with Crippen molar-refractivity contribution >= 4 is 34.0 Å². The van der Waals surface area contributed by atoms with E-state index in [2.05, 4.69) is 10.1 Å². The number of fused-ring (bicyclic) bond motifs is 1. The van der Waals surface area contributed by atoms with Crippen LogP contribution in [0.3, 0.4) is 0 Å². The molecule has 0 atom stereocenters. The first-order chi connectivity index (χ1) is 12.1. The summed E-state index contributed by atoms with van der Waals surface area (Å²) in [6.45, 7) is 1.83. The number of halogens is 1. The minimum absolute atomic E-state index is 0.0251. The Morgan fingerprint density at radius 2 is 2.20 bits per heavy atom. The first-order valence-electron chi connectivity index (χ1n) is 7.48. The zero-order chi connectivity index (χ0) is 17.8. The molecule has 2 heterocycles. The molecule has 0 N–H and O–H groups in total. The van der Waals surface area contributed by atoms with E-state index < -0.39 is 5.97 Å². The van der Waals surface area contributed by atoms with E-state index in [4.69, 9.17) is 4.74 Å². The van der Waals surface area contributed by atoms with Gasteiger partial charge in [0.2, 0.25) is 4.96 Å². The third-order valence-corrected chi connectivity index (χ3v) is 5.28. The monoisotopic (exact) mass is 379 g/mol. The molecular weight excluding hydrogens is 365 g/mol. The molecule has 0 amide bonds. The standard InChI is InChI=1S/C16H14FN3O3S2/c1-2-13-19-20-14(21)7-10(18-16(20)25-13)8-23-15(22)9-24-12-6-4-3-5-11(12)17/h3-7H,2,8-9H2,1H3. The molecule has 0 spiro atoms. The van der Waals surface area contributed by atoms with Crippen LogP contribution in [0.4, 0.5) is 4.39 Å². The van der Waals surface area contributed by atoms with Crippen LogP contribution in [-0.2, 0) is 22.6 Å². The lowest BCUT2D eigenvalue weighted by Crippen LogP contribution is -2.17. The number of thioether (sulfide) groups is 1. The summed E-state index contributed by atoms with van der Waals surface area (Å²) >= 11 is 2.38. The van der Waals surface area contributed by atoms with Gasteiger partial charge < -0.3 is 4.74 Å². The number of rotatable bonds is 6. The first-order valence-corrected chi connectivity index (χ1v) is 9.28. The molecule has 0 saturated heterocycles. The largest absolute Gasteiger partial charge is 0.459 e. The van der Waals surface area contributed by atoms with Crippen LogP contribution in [0.5, 0.6) is 0 Å². The highest BCUT2D eigenvalue weighted by molar-refractivity contribution is 8.00. The zero-order valence-electron chi connectivity index (χ0n) is 13.3. The van der Waals surface area contributed by atoms with E-state index >= 15 is 0 Å². The SMILES string of the molecule is CCc1nn2c(=O)cc(COC(=O)CSc3ccccc3F)nc2s1. The van der Waals surface area contributed by atoms with Gasteiger partial charge in [0.25, 0.3) is 5.56 Å². The summed E-state index contributed by atoms with van der Waals surface area (Å²) in [6.07, 6.45) is 0.713. The van der Waals surface area contributed by atoms with Crippen LogP contribution < -0.4 is 5.56 Å². The number of carbonyl (C=O) groups excluding carboxylic acids is 1. The molecule has 1 aromatic carbocycles. The molecule has 2 aromatic heterocycles. The number of hydrogen-bond acceptors (Lipinski definition) is 7. The van der Waals surface area contributed by atoms with Crippen LogP contribution in [0, 0.1) is 5.82 Å². The lowest BCUT2D eigenvalue weighted by atomic mass is 10.3. The van der Waals surface area contributed by atoms with E-state index in [0.29, 0.717) is 22.0 Å². The Morgan fingerprint density at radius 1 is 1.40 bits per heavy atom. The van der Waals surface area contributed by atoms with E-state index in [1.807, 2.05) is 6.92 Å². The second-order valence-electron chi connectivity index (χ2n) is 5.01. The van der Waals surface area contributed by atoms with Crippen LogP contribution in [-0.4, -0.2) is 26.3 Å². The summed E-state index contributed by atoms with van der Waals surface area (Å²) in [7, 11) is 0. The highest BCUT2D eigenvalue weighted by atomic mass is 32.2. The molecule has 9 heteroatoms. The van der Waals surface area contributed by atoms with Crippen molar-refractivity contribution in [3.8, 4) is 0 Å². The number of aryl methyl sites for hydroxylation is 1. The summed E-state index contributed by atoms with van der Waals surface area (Å²) in [5.74, 6) is -0.908. The number of carbonyl (C=O) groups is 1. The van der Waals surface area contributed by atoms with Crippen molar-refractivity contribution in [1.82, 2.24) is 14.6 Å². The van der Waals surface area contributed by atoms with Gasteiger partial charge in [-0.1, -0.05) is 30.4 Å². The van der Waals surface area contributed by atoms with Gasteiger partial charge in [0.05, 0.1) is 11.4 Å². The van der Waals surface area contributed by atoms with E-state index in [9.17, 15) is 14.0 Å². The topological polar surface area (TPSA) is 73.6 Å². The van der Waals surface area contributed by atoms with Gasteiger partial charge in [0.15, 0.2) is 0 Å². The molecule has 130 valence electrons. The van der Waals surface area contributed by atoms with E-state index in [-0.39, 0.29) is 23.7 Å². The summed E-state index contributed by atoms with van der Waals surface area (Å²) in [5.41, 5.74) is 0.0493. The maximum atomic E-state index is 13.5. The summed E-state index contributed by atoms with van der Waals surface area (Å²) in [4.78, 5) is 29.0. The Labute approximate surface area is 150 Å². The Hall–Kier alpha value is -2.26. The molecule has 25 heavy (non-hydrogen) atoms. The average Bonchev–Trinajstić information content (AvgIpc) is 3.03. The molecule has 0 radical (unpaired) electrons. The van der Waals surface area contributed by atoms with Crippen LogP contribution in [0.1, 0.15) is 17.6 Å². The predicted octanol–water partition coefficient (Wildman–Crippen LogP) is 2.69. The normalized spacial score (nSPS) is 11.0. The summed E-state index contributed by atoms with van der Waals surface area (Å²) in [6, 6.07) is 7.51. The fraction of sp³-hybridized carbons (Fsp3) is 0.250. The van der Waals surface area contributed by atoms with Gasteiger partial charge in [0, 0.05) is 11.0 Å². The van der Waals surface area contributed by atoms with E-state index in [1.54, 1.807) is 18.2 Å². The van der Waals surface area contributed by atoms with Crippen molar-refractivity contribution in [2.75, 3.05) is 5.75 Å². The molecule has 0 bridgehead atoms. The van der Waals surface area contributed by atoms with Crippen molar-refractivity contribution in [3.05, 3.63) is 57.2 Å². The van der Waals surface area contributed by atoms with Crippen molar-refractivity contribution in [1.29, 1.82) is 0 Å². The molecule has 3 rings (SSSR count). The third kappa shape index (κ3) is 4.23. The maximum absolute atomic E-state index is 13.5. The van der Waals surface area contributed by atoms with Crippen molar-refractivity contribution in [3.63, 3.8) is 0 Å². The highest BCUT2D eigenvalue weighted by Gasteiger charge is 2.11. The number of ether oxygens (including phenoxy) is 1. The Balaban J connectivity index is 1.61. The van der Waals surface area contributed by atoms with E-state index in [1.165, 1.54) is 28.0 Å². The molecule has 0 unspecified atom stereocenters. The Morgan fingerprint density at radius 3 is 2.96 bits per heavy atom. The van der Waals surface area contributed by atoms with Crippen LogP contribution >= 0.6 is 23.1 Å².